The van der Waals surface area contributed by atoms with Crippen LogP contribution < -0.4 is 10.6 Å². The summed E-state index contributed by atoms with van der Waals surface area (Å²) in [5.41, 5.74) is 2.33. The van der Waals surface area contributed by atoms with Crippen molar-refractivity contribution in [1.82, 2.24) is 34.8 Å². The number of aromatic nitrogens is 5. The van der Waals surface area contributed by atoms with E-state index in [1.165, 1.54) is 0 Å². The van der Waals surface area contributed by atoms with Crippen molar-refractivity contribution in [3.05, 3.63) is 35.9 Å². The molecule has 4 saturated carbocycles. The molecule has 4 heterocycles. The summed E-state index contributed by atoms with van der Waals surface area (Å²) in [7, 11) is 0. The number of imidazole rings is 1. The van der Waals surface area contributed by atoms with Crippen LogP contribution >= 0.6 is 0 Å². The van der Waals surface area contributed by atoms with E-state index in [-0.39, 0.29) is 5.54 Å². The molecule has 5 aliphatic rings. The summed E-state index contributed by atoms with van der Waals surface area (Å²) >= 11 is 0. The zero-order chi connectivity index (χ0) is 25.0. The van der Waals surface area contributed by atoms with E-state index < -0.39 is 24.3 Å². The lowest BCUT2D eigenvalue weighted by molar-refractivity contribution is -0.0532. The number of hydrogen-bond donors (Lipinski definition) is 3. The molecule has 5 fully saturated rings. The molecule has 1 saturated heterocycles. The van der Waals surface area contributed by atoms with E-state index in [0.29, 0.717) is 30.3 Å². The number of alkyl halides is 1. The molecular weight excluding hydrogens is 479 g/mol. The van der Waals surface area contributed by atoms with Gasteiger partial charge in [-0.1, -0.05) is 0 Å². The fourth-order valence-electron chi connectivity index (χ4n) is 6.22. The number of carbonyl (C=O) groups excluding carboxylic acids is 1. The molecule has 1 amide bonds. The van der Waals surface area contributed by atoms with Crippen molar-refractivity contribution in [2.45, 2.75) is 62.4 Å². The number of halogens is 1. The summed E-state index contributed by atoms with van der Waals surface area (Å²) in [6.07, 6.45) is 5.28. The first-order chi connectivity index (χ1) is 18.0. The molecule has 2 bridgehead atoms. The van der Waals surface area contributed by atoms with E-state index in [1.807, 2.05) is 16.7 Å². The molecule has 3 aromatic rings. The number of carbonyl (C=O) groups is 1. The van der Waals surface area contributed by atoms with E-state index in [2.05, 4.69) is 30.7 Å². The van der Waals surface area contributed by atoms with Gasteiger partial charge in [0.25, 0.3) is 0 Å². The fraction of sp³-hybridized carbons (Fsp3) is 0.600. The molecule has 1 aliphatic heterocycles. The summed E-state index contributed by atoms with van der Waals surface area (Å²) < 4.78 is 28.1. The van der Waals surface area contributed by atoms with Crippen molar-refractivity contribution in [1.29, 1.82) is 0 Å². The third-order valence-corrected chi connectivity index (χ3v) is 8.32. The number of nitrogens with zero attached hydrogens (tertiary/aromatic N) is 5. The summed E-state index contributed by atoms with van der Waals surface area (Å²) in [5.74, 6) is 1.46. The largest absolute Gasteiger partial charge is 0.443 e. The SMILES string of the molecule is O=C(NC12CC(C1)C2)O[C@H]1CC[C@@H](c2cc(Nc3nccc4nc(CN5CCOCC5)cn34)n[nH]2)[C@H]1F. The number of hydrogen-bond acceptors (Lipinski definition) is 8. The highest BCUT2D eigenvalue weighted by atomic mass is 19.1. The third-order valence-electron chi connectivity index (χ3n) is 8.32. The maximum Gasteiger partial charge on any atom is 0.407 e. The predicted octanol–water partition coefficient (Wildman–Crippen LogP) is 2.89. The first kappa shape index (κ1) is 22.9. The number of fused-ring (bicyclic) bond motifs is 1. The number of morpholine rings is 1. The topological polar surface area (TPSA) is 122 Å². The van der Waals surface area contributed by atoms with E-state index in [1.54, 1.807) is 12.3 Å². The van der Waals surface area contributed by atoms with Gasteiger partial charge in [-0.2, -0.15) is 5.10 Å². The highest BCUT2D eigenvalue weighted by Gasteiger charge is 2.58. The Labute approximate surface area is 213 Å². The van der Waals surface area contributed by atoms with Gasteiger partial charge in [-0.25, -0.2) is 19.2 Å². The van der Waals surface area contributed by atoms with Gasteiger partial charge >= 0.3 is 6.09 Å². The van der Waals surface area contributed by atoms with Crippen LogP contribution in [0.15, 0.2) is 24.5 Å². The predicted molar refractivity (Wildman–Crippen MR) is 131 cm³/mol. The summed E-state index contributed by atoms with van der Waals surface area (Å²) in [6.45, 7) is 4.01. The Hall–Kier alpha value is -3.25. The molecule has 12 heteroatoms. The second-order valence-electron chi connectivity index (χ2n) is 10.9. The third kappa shape index (κ3) is 4.31. The minimum absolute atomic E-state index is 0.0785. The van der Waals surface area contributed by atoms with Crippen molar-refractivity contribution < 1.29 is 18.7 Å². The van der Waals surface area contributed by atoms with Crippen LogP contribution in [0.25, 0.3) is 5.65 Å². The smallest absolute Gasteiger partial charge is 0.407 e. The lowest BCUT2D eigenvalue weighted by atomic mass is 9.50. The Morgan fingerprint density at radius 2 is 2.11 bits per heavy atom. The van der Waals surface area contributed by atoms with Gasteiger partial charge in [0.15, 0.2) is 5.82 Å². The summed E-state index contributed by atoms with van der Waals surface area (Å²) in [6, 6.07) is 3.66. The summed E-state index contributed by atoms with van der Waals surface area (Å²) in [4.78, 5) is 23.8. The minimum atomic E-state index is -1.29. The average molecular weight is 511 g/mol. The number of anilines is 2. The standard InChI is InChI=1S/C25H31FN8O3/c26-22-17(1-2-19(22)37-24(35)30-25-10-15(11-25)12-25)18-9-20(32-31-18)29-23-27-4-3-21-28-16(14-34(21)23)13-33-5-7-36-8-6-33/h3-4,9,14-15,17,19,22H,1-2,5-8,10-13H2,(H,30,35)(H2,27,29,31,32)/t15?,17-,19-,22+,25?/m0/s1. The van der Waals surface area contributed by atoms with Gasteiger partial charge in [0.2, 0.25) is 5.95 Å². The van der Waals surface area contributed by atoms with E-state index in [4.69, 9.17) is 14.5 Å². The molecule has 4 aliphatic carbocycles. The number of amides is 1. The van der Waals surface area contributed by atoms with Crippen molar-refractivity contribution in [2.75, 3.05) is 31.6 Å². The highest BCUT2D eigenvalue weighted by Crippen LogP contribution is 2.57. The molecule has 0 unspecified atom stereocenters. The average Bonchev–Trinajstić information content (AvgIpc) is 3.56. The van der Waals surface area contributed by atoms with Crippen molar-refractivity contribution in [3.63, 3.8) is 0 Å². The zero-order valence-corrected chi connectivity index (χ0v) is 20.5. The second-order valence-corrected chi connectivity index (χ2v) is 10.9. The number of H-pyrrole nitrogens is 1. The van der Waals surface area contributed by atoms with Gasteiger partial charge in [0.1, 0.15) is 17.9 Å². The van der Waals surface area contributed by atoms with Gasteiger partial charge in [-0.05, 0) is 44.1 Å². The van der Waals surface area contributed by atoms with Crippen LogP contribution in [-0.2, 0) is 16.0 Å². The Balaban J connectivity index is 0.996. The second kappa shape index (κ2) is 8.95. The van der Waals surface area contributed by atoms with E-state index in [0.717, 1.165) is 69.4 Å². The molecule has 37 heavy (non-hydrogen) atoms. The van der Waals surface area contributed by atoms with Gasteiger partial charge in [0, 0.05) is 55.2 Å². The maximum absolute atomic E-state index is 15.3. The molecule has 3 aromatic heterocycles. The van der Waals surface area contributed by atoms with Crippen LogP contribution in [0, 0.1) is 5.92 Å². The van der Waals surface area contributed by atoms with Crippen molar-refractivity contribution in [2.24, 2.45) is 5.92 Å². The van der Waals surface area contributed by atoms with Crippen LogP contribution in [0.4, 0.5) is 21.0 Å². The Kier molecular flexibility index (Phi) is 5.54. The molecular formula is C25H31FN8O3. The van der Waals surface area contributed by atoms with E-state index in [9.17, 15) is 4.79 Å². The molecule has 11 nitrogen and oxygen atoms in total. The summed E-state index contributed by atoms with van der Waals surface area (Å²) in [5, 5.41) is 13.5. The van der Waals surface area contributed by atoms with Crippen molar-refractivity contribution in [3.8, 4) is 0 Å². The van der Waals surface area contributed by atoms with Gasteiger partial charge < -0.3 is 20.1 Å². The fourth-order valence-corrected chi connectivity index (χ4v) is 6.22. The van der Waals surface area contributed by atoms with Crippen LogP contribution in [-0.4, -0.2) is 79.7 Å². The number of alkyl carbamates (subject to hydrolysis) is 1. The first-order valence-corrected chi connectivity index (χ1v) is 13.1. The van der Waals surface area contributed by atoms with E-state index >= 15 is 4.39 Å². The molecule has 3 N–H and O–H groups in total. The monoisotopic (exact) mass is 510 g/mol. The highest BCUT2D eigenvalue weighted by molar-refractivity contribution is 5.69. The maximum atomic E-state index is 15.3. The van der Waals surface area contributed by atoms with Crippen LogP contribution in [0.1, 0.15) is 49.4 Å². The van der Waals surface area contributed by atoms with Gasteiger partial charge in [-0.15, -0.1) is 0 Å². The number of aromatic amines is 1. The van der Waals surface area contributed by atoms with Gasteiger partial charge in [-0.3, -0.25) is 14.4 Å². The quantitative estimate of drug-likeness (QED) is 0.444. The molecule has 0 aromatic carbocycles. The molecule has 0 radical (unpaired) electrons. The van der Waals surface area contributed by atoms with Gasteiger partial charge in [0.05, 0.1) is 18.9 Å². The molecule has 8 rings (SSSR count). The number of rotatable bonds is 7. The van der Waals surface area contributed by atoms with Crippen LogP contribution in [0.2, 0.25) is 0 Å². The number of ether oxygens (including phenoxy) is 2. The lowest BCUT2D eigenvalue weighted by Crippen LogP contribution is -2.68. The normalized spacial score (nSPS) is 31.1. The Morgan fingerprint density at radius 1 is 1.27 bits per heavy atom. The van der Waals surface area contributed by atoms with Crippen LogP contribution in [0.5, 0.6) is 0 Å². The Bertz CT molecular complexity index is 1290. The zero-order valence-electron chi connectivity index (χ0n) is 20.5. The molecule has 3 atom stereocenters. The van der Waals surface area contributed by atoms with Crippen molar-refractivity contribution >= 4 is 23.5 Å². The van der Waals surface area contributed by atoms with Crippen LogP contribution in [0.3, 0.4) is 0 Å². The Morgan fingerprint density at radius 3 is 2.89 bits per heavy atom. The number of nitrogens with one attached hydrogen (secondary N) is 3. The molecule has 0 spiro atoms. The minimum Gasteiger partial charge on any atom is -0.443 e. The lowest BCUT2D eigenvalue weighted by Gasteiger charge is -2.61. The molecule has 196 valence electrons. The first-order valence-electron chi connectivity index (χ1n) is 13.1.